The van der Waals surface area contributed by atoms with Gasteiger partial charge in [0.25, 0.3) is 0 Å². The molecule has 0 atom stereocenters. The smallest absolute Gasteiger partial charge is 0.235 e. The van der Waals surface area contributed by atoms with Gasteiger partial charge in [-0.1, -0.05) is 59.8 Å². The van der Waals surface area contributed by atoms with E-state index in [1.165, 1.54) is 11.8 Å². The topological polar surface area (TPSA) is 88.5 Å². The molecular formula is C25H23ClN6OS. The highest BCUT2D eigenvalue weighted by molar-refractivity contribution is 7.99. The second-order valence-corrected chi connectivity index (χ2v) is 9.22. The number of halogens is 1. The van der Waals surface area contributed by atoms with Crippen LogP contribution in [-0.2, 0) is 11.3 Å². The Labute approximate surface area is 207 Å². The molecule has 7 nitrogen and oxygen atoms in total. The Hall–Kier alpha value is -3.54. The van der Waals surface area contributed by atoms with Crippen LogP contribution in [0.25, 0.3) is 5.69 Å². The molecule has 34 heavy (non-hydrogen) atoms. The van der Waals surface area contributed by atoms with E-state index in [1.807, 2.05) is 73.9 Å². The molecule has 172 valence electrons. The third kappa shape index (κ3) is 4.86. The van der Waals surface area contributed by atoms with Gasteiger partial charge in [0.1, 0.15) is 18.2 Å². The van der Waals surface area contributed by atoms with Gasteiger partial charge in [0.05, 0.1) is 17.0 Å². The molecule has 2 aromatic carbocycles. The number of hydrogen-bond donors (Lipinski definition) is 1. The summed E-state index contributed by atoms with van der Waals surface area (Å²) in [6.07, 6.45) is 1.59. The number of aromatic nitrogens is 4. The van der Waals surface area contributed by atoms with Gasteiger partial charge in [0, 0.05) is 17.3 Å². The monoisotopic (exact) mass is 490 g/mol. The molecule has 4 rings (SSSR count). The highest BCUT2D eigenvalue weighted by Crippen LogP contribution is 2.28. The van der Waals surface area contributed by atoms with Crippen molar-refractivity contribution in [1.82, 2.24) is 19.3 Å². The Balaban J connectivity index is 1.52. The number of thioether (sulfide) groups is 1. The van der Waals surface area contributed by atoms with Gasteiger partial charge in [-0.2, -0.15) is 5.26 Å². The maximum atomic E-state index is 12.9. The summed E-state index contributed by atoms with van der Waals surface area (Å²) in [5.41, 5.74) is 5.16. The third-order valence-electron chi connectivity index (χ3n) is 5.66. The van der Waals surface area contributed by atoms with Crippen molar-refractivity contribution in [2.75, 3.05) is 11.1 Å². The number of carbonyl (C=O) groups is 1. The minimum absolute atomic E-state index is 0.109. The fourth-order valence-electron chi connectivity index (χ4n) is 3.62. The minimum atomic E-state index is -0.232. The zero-order valence-corrected chi connectivity index (χ0v) is 20.6. The van der Waals surface area contributed by atoms with Gasteiger partial charge in [0.2, 0.25) is 5.91 Å². The number of anilines is 1. The van der Waals surface area contributed by atoms with Crippen LogP contribution in [0.4, 0.5) is 5.82 Å². The molecule has 0 bridgehead atoms. The van der Waals surface area contributed by atoms with Crippen molar-refractivity contribution >= 4 is 35.1 Å². The van der Waals surface area contributed by atoms with E-state index >= 15 is 0 Å². The van der Waals surface area contributed by atoms with Gasteiger partial charge < -0.3 is 9.88 Å². The van der Waals surface area contributed by atoms with Crippen molar-refractivity contribution in [1.29, 1.82) is 5.26 Å². The summed E-state index contributed by atoms with van der Waals surface area (Å²) in [5, 5.41) is 22.0. The zero-order valence-electron chi connectivity index (χ0n) is 19.0. The first kappa shape index (κ1) is 23.6. The number of aryl methyl sites for hydroxylation is 1. The van der Waals surface area contributed by atoms with Crippen molar-refractivity contribution in [3.8, 4) is 11.8 Å². The summed E-state index contributed by atoms with van der Waals surface area (Å²) in [6, 6.07) is 17.9. The lowest BCUT2D eigenvalue weighted by Crippen LogP contribution is -2.19. The first-order valence-electron chi connectivity index (χ1n) is 10.6. The van der Waals surface area contributed by atoms with Crippen LogP contribution < -0.4 is 5.32 Å². The van der Waals surface area contributed by atoms with Gasteiger partial charge in [-0.3, -0.25) is 9.36 Å². The molecule has 0 unspecified atom stereocenters. The van der Waals surface area contributed by atoms with E-state index < -0.39 is 0 Å². The number of rotatable bonds is 7. The Kier molecular flexibility index (Phi) is 7.06. The molecular weight excluding hydrogens is 468 g/mol. The summed E-state index contributed by atoms with van der Waals surface area (Å²) in [4.78, 5) is 12.9. The van der Waals surface area contributed by atoms with Crippen LogP contribution in [0, 0.1) is 32.1 Å². The predicted molar refractivity (Wildman–Crippen MR) is 135 cm³/mol. The molecule has 0 spiro atoms. The van der Waals surface area contributed by atoms with Crippen LogP contribution in [0.2, 0.25) is 5.02 Å². The van der Waals surface area contributed by atoms with Crippen molar-refractivity contribution in [3.05, 3.63) is 87.8 Å². The molecule has 2 aromatic heterocycles. The average molecular weight is 491 g/mol. The molecule has 1 N–H and O–H groups in total. The van der Waals surface area contributed by atoms with Gasteiger partial charge in [-0.25, -0.2) is 0 Å². The van der Waals surface area contributed by atoms with Crippen LogP contribution >= 0.6 is 23.4 Å². The van der Waals surface area contributed by atoms with Crippen LogP contribution in [0.3, 0.4) is 0 Å². The number of nitriles is 1. The Morgan fingerprint density at radius 2 is 1.94 bits per heavy atom. The van der Waals surface area contributed by atoms with Crippen molar-refractivity contribution in [2.24, 2.45) is 0 Å². The second kappa shape index (κ2) is 10.2. The molecule has 1 amide bonds. The van der Waals surface area contributed by atoms with E-state index in [0.717, 1.165) is 28.1 Å². The lowest BCUT2D eigenvalue weighted by atomic mass is 10.2. The van der Waals surface area contributed by atoms with E-state index in [1.54, 1.807) is 10.9 Å². The molecule has 2 heterocycles. The van der Waals surface area contributed by atoms with Crippen LogP contribution in [0.1, 0.15) is 27.9 Å². The van der Waals surface area contributed by atoms with E-state index in [0.29, 0.717) is 28.1 Å². The summed E-state index contributed by atoms with van der Waals surface area (Å²) in [5.74, 6) is 0.390. The summed E-state index contributed by atoms with van der Waals surface area (Å²) in [7, 11) is 0. The largest absolute Gasteiger partial charge is 0.326 e. The van der Waals surface area contributed by atoms with Gasteiger partial charge in [-0.15, -0.1) is 10.2 Å². The highest BCUT2D eigenvalue weighted by atomic mass is 35.5. The van der Waals surface area contributed by atoms with Crippen LogP contribution in [0.5, 0.6) is 0 Å². The number of carbonyl (C=O) groups excluding carboxylic acids is 1. The standard InChI is InChI=1S/C25H23ClN6OS/c1-16-9-10-20(11-22(16)26)32-15-28-30-25(32)34-14-23(33)29-24-21(12-27)17(2)18(3)31(24)13-19-7-5-4-6-8-19/h4-11,15H,13-14H2,1-3H3,(H,29,33). The second-order valence-electron chi connectivity index (χ2n) is 7.87. The van der Waals surface area contributed by atoms with E-state index in [4.69, 9.17) is 11.6 Å². The summed E-state index contributed by atoms with van der Waals surface area (Å²) < 4.78 is 3.76. The van der Waals surface area contributed by atoms with Crippen molar-refractivity contribution in [2.45, 2.75) is 32.5 Å². The number of benzene rings is 2. The number of nitrogens with one attached hydrogen (secondary N) is 1. The highest BCUT2D eigenvalue weighted by Gasteiger charge is 2.20. The number of hydrogen-bond acceptors (Lipinski definition) is 5. The Morgan fingerprint density at radius 1 is 1.18 bits per heavy atom. The first-order chi connectivity index (χ1) is 16.4. The van der Waals surface area contributed by atoms with Gasteiger partial charge in [-0.05, 0) is 49.6 Å². The Bertz CT molecular complexity index is 1390. The normalized spacial score (nSPS) is 10.8. The number of amides is 1. The molecule has 4 aromatic rings. The lowest BCUT2D eigenvalue weighted by molar-refractivity contribution is -0.113. The predicted octanol–water partition coefficient (Wildman–Crippen LogP) is 5.30. The van der Waals surface area contributed by atoms with E-state index in [2.05, 4.69) is 21.6 Å². The van der Waals surface area contributed by atoms with Crippen molar-refractivity contribution in [3.63, 3.8) is 0 Å². The molecule has 0 aliphatic heterocycles. The molecule has 0 aliphatic carbocycles. The molecule has 0 fully saturated rings. The zero-order chi connectivity index (χ0) is 24.2. The first-order valence-corrected chi connectivity index (χ1v) is 12.0. The number of nitrogens with zero attached hydrogens (tertiary/aromatic N) is 5. The van der Waals surface area contributed by atoms with E-state index in [9.17, 15) is 10.1 Å². The van der Waals surface area contributed by atoms with Gasteiger partial charge in [0.15, 0.2) is 5.16 Å². The maximum absolute atomic E-state index is 12.9. The van der Waals surface area contributed by atoms with Gasteiger partial charge >= 0.3 is 0 Å². The van der Waals surface area contributed by atoms with Crippen molar-refractivity contribution < 1.29 is 4.79 Å². The molecule has 0 aliphatic rings. The van der Waals surface area contributed by atoms with Crippen LogP contribution in [-0.4, -0.2) is 31.0 Å². The average Bonchev–Trinajstić information content (AvgIpc) is 3.39. The fourth-order valence-corrected chi connectivity index (χ4v) is 4.53. The summed E-state index contributed by atoms with van der Waals surface area (Å²) >= 11 is 7.53. The van der Waals surface area contributed by atoms with Crippen LogP contribution in [0.15, 0.2) is 60.0 Å². The molecule has 0 saturated heterocycles. The lowest BCUT2D eigenvalue weighted by Gasteiger charge is -2.13. The molecule has 9 heteroatoms. The SMILES string of the molecule is Cc1ccc(-n2cnnc2SCC(=O)Nc2c(C#N)c(C)c(C)n2Cc2ccccc2)cc1Cl. The minimum Gasteiger partial charge on any atom is -0.326 e. The molecule has 0 saturated carbocycles. The summed E-state index contributed by atoms with van der Waals surface area (Å²) in [6.45, 7) is 6.35. The fraction of sp³-hybridized carbons (Fsp3) is 0.200. The quantitative estimate of drug-likeness (QED) is 0.355. The molecule has 0 radical (unpaired) electrons. The maximum Gasteiger partial charge on any atom is 0.235 e. The van der Waals surface area contributed by atoms with E-state index in [-0.39, 0.29) is 11.7 Å². The third-order valence-corrected chi connectivity index (χ3v) is 7.02. The Morgan fingerprint density at radius 3 is 2.65 bits per heavy atom.